The second-order valence-corrected chi connectivity index (χ2v) is 7.20. The van der Waals surface area contributed by atoms with Gasteiger partial charge in [-0.05, 0) is 55.7 Å². The number of hydrogen-bond acceptors (Lipinski definition) is 3. The van der Waals surface area contributed by atoms with Gasteiger partial charge in [0.15, 0.2) is 0 Å². The lowest BCUT2D eigenvalue weighted by molar-refractivity contribution is 0.0214. The molecule has 0 radical (unpaired) electrons. The van der Waals surface area contributed by atoms with Crippen LogP contribution in [0.5, 0.6) is 0 Å². The van der Waals surface area contributed by atoms with Crippen LogP contribution < -0.4 is 0 Å². The number of amides is 1. The van der Waals surface area contributed by atoms with Crippen molar-refractivity contribution >= 4 is 28.7 Å². The molecule has 0 spiro atoms. The minimum absolute atomic E-state index is 0.00614. The van der Waals surface area contributed by atoms with Crippen molar-refractivity contribution in [2.45, 2.75) is 45.8 Å². The fourth-order valence-electron chi connectivity index (χ4n) is 2.31. The van der Waals surface area contributed by atoms with Gasteiger partial charge < -0.3 is 9.72 Å². The van der Waals surface area contributed by atoms with Crippen LogP contribution in [0.15, 0.2) is 6.20 Å². The second kappa shape index (κ2) is 5.30. The molecule has 19 heavy (non-hydrogen) atoms. The SMILES string of the molecule is C[C@@H]1C[C@@H](c2nc(I)c[nH]2)N(C(=O)OC(C)(C)C)C1. The van der Waals surface area contributed by atoms with Crippen molar-refractivity contribution in [2.75, 3.05) is 6.54 Å². The van der Waals surface area contributed by atoms with E-state index in [1.54, 1.807) is 4.90 Å². The van der Waals surface area contributed by atoms with Crippen molar-refractivity contribution in [1.29, 1.82) is 0 Å². The van der Waals surface area contributed by atoms with Gasteiger partial charge in [0.25, 0.3) is 0 Å². The first-order valence-corrected chi connectivity index (χ1v) is 7.54. The number of ether oxygens (including phenoxy) is 1. The molecule has 0 bridgehead atoms. The molecular weight excluding hydrogens is 357 g/mol. The summed E-state index contributed by atoms with van der Waals surface area (Å²) in [6.45, 7) is 8.52. The van der Waals surface area contributed by atoms with Crippen molar-refractivity contribution in [1.82, 2.24) is 14.9 Å². The van der Waals surface area contributed by atoms with E-state index in [9.17, 15) is 4.79 Å². The zero-order chi connectivity index (χ0) is 14.2. The Balaban J connectivity index is 2.16. The van der Waals surface area contributed by atoms with Gasteiger partial charge >= 0.3 is 6.09 Å². The van der Waals surface area contributed by atoms with Crippen LogP contribution in [0.3, 0.4) is 0 Å². The number of nitrogens with one attached hydrogen (secondary N) is 1. The summed E-state index contributed by atoms with van der Waals surface area (Å²) >= 11 is 2.16. The summed E-state index contributed by atoms with van der Waals surface area (Å²) in [6, 6.07) is -0.00614. The van der Waals surface area contributed by atoms with Gasteiger partial charge in [0.2, 0.25) is 0 Å². The van der Waals surface area contributed by atoms with Crippen molar-refractivity contribution < 1.29 is 9.53 Å². The highest BCUT2D eigenvalue weighted by molar-refractivity contribution is 14.1. The standard InChI is InChI=1S/C13H20IN3O2/c1-8-5-9(11-15-6-10(14)16-11)17(7-8)12(18)19-13(2,3)4/h6,8-9H,5,7H2,1-4H3,(H,15,16)/t8-,9+/m1/s1. The Kier molecular flexibility index (Phi) is 4.08. The van der Waals surface area contributed by atoms with E-state index < -0.39 is 5.60 Å². The average molecular weight is 377 g/mol. The summed E-state index contributed by atoms with van der Waals surface area (Å²) in [5, 5.41) is 0. The maximum absolute atomic E-state index is 12.3. The van der Waals surface area contributed by atoms with Gasteiger partial charge in [0.1, 0.15) is 15.1 Å². The summed E-state index contributed by atoms with van der Waals surface area (Å²) in [4.78, 5) is 21.6. The van der Waals surface area contributed by atoms with E-state index in [4.69, 9.17) is 4.74 Å². The smallest absolute Gasteiger partial charge is 0.410 e. The maximum Gasteiger partial charge on any atom is 0.410 e. The third kappa shape index (κ3) is 3.61. The number of aromatic amines is 1. The summed E-state index contributed by atoms with van der Waals surface area (Å²) in [5.41, 5.74) is -0.467. The second-order valence-electron chi connectivity index (χ2n) is 6.10. The Morgan fingerprint density at radius 1 is 1.58 bits per heavy atom. The number of aromatic nitrogens is 2. The molecule has 0 saturated carbocycles. The van der Waals surface area contributed by atoms with Gasteiger partial charge in [-0.15, -0.1) is 0 Å². The molecule has 2 heterocycles. The van der Waals surface area contributed by atoms with Crippen molar-refractivity contribution in [2.24, 2.45) is 5.92 Å². The normalized spacial score (nSPS) is 23.7. The molecule has 6 heteroatoms. The van der Waals surface area contributed by atoms with Crippen molar-refractivity contribution in [3.63, 3.8) is 0 Å². The number of halogens is 1. The minimum Gasteiger partial charge on any atom is -0.444 e. The van der Waals surface area contributed by atoms with E-state index in [1.807, 2.05) is 27.0 Å². The molecule has 1 N–H and O–H groups in total. The maximum atomic E-state index is 12.3. The van der Waals surface area contributed by atoms with Gasteiger partial charge in [-0.3, -0.25) is 4.90 Å². The first-order chi connectivity index (χ1) is 8.76. The molecule has 2 atom stereocenters. The number of likely N-dealkylation sites (tertiary alicyclic amines) is 1. The van der Waals surface area contributed by atoms with Gasteiger partial charge in [-0.2, -0.15) is 0 Å². The number of H-pyrrole nitrogens is 1. The molecule has 1 aliphatic rings. The van der Waals surface area contributed by atoms with E-state index in [2.05, 4.69) is 39.5 Å². The third-order valence-electron chi connectivity index (χ3n) is 3.02. The van der Waals surface area contributed by atoms with Crippen LogP contribution >= 0.6 is 22.6 Å². The topological polar surface area (TPSA) is 58.2 Å². The fraction of sp³-hybridized carbons (Fsp3) is 0.692. The lowest BCUT2D eigenvalue weighted by Gasteiger charge is -2.27. The molecule has 106 valence electrons. The highest BCUT2D eigenvalue weighted by Crippen LogP contribution is 2.34. The van der Waals surface area contributed by atoms with E-state index in [0.29, 0.717) is 5.92 Å². The monoisotopic (exact) mass is 377 g/mol. The summed E-state index contributed by atoms with van der Waals surface area (Å²) in [5.74, 6) is 1.31. The summed E-state index contributed by atoms with van der Waals surface area (Å²) in [7, 11) is 0. The van der Waals surface area contributed by atoms with Gasteiger partial charge in [-0.25, -0.2) is 9.78 Å². The molecule has 1 saturated heterocycles. The molecule has 1 aromatic rings. The highest BCUT2D eigenvalue weighted by Gasteiger charge is 2.38. The Morgan fingerprint density at radius 2 is 2.26 bits per heavy atom. The van der Waals surface area contributed by atoms with Gasteiger partial charge in [0, 0.05) is 12.7 Å². The number of carbonyl (C=O) groups is 1. The Morgan fingerprint density at radius 3 is 2.79 bits per heavy atom. The Bertz CT molecular complexity index is 467. The lowest BCUT2D eigenvalue weighted by Crippen LogP contribution is -2.37. The van der Waals surface area contributed by atoms with E-state index in [-0.39, 0.29) is 12.1 Å². The zero-order valence-corrected chi connectivity index (χ0v) is 13.9. The fourth-order valence-corrected chi connectivity index (χ4v) is 2.73. The van der Waals surface area contributed by atoms with Crippen LogP contribution in [0.1, 0.15) is 46.0 Å². The number of carbonyl (C=O) groups excluding carboxylic acids is 1. The molecule has 1 aromatic heterocycles. The minimum atomic E-state index is -0.467. The average Bonchev–Trinajstić information content (AvgIpc) is 2.81. The zero-order valence-electron chi connectivity index (χ0n) is 11.7. The van der Waals surface area contributed by atoms with Crippen LogP contribution in [-0.4, -0.2) is 33.1 Å². The lowest BCUT2D eigenvalue weighted by atomic mass is 10.1. The van der Waals surface area contributed by atoms with Crippen LogP contribution in [0.2, 0.25) is 0 Å². The number of hydrogen-bond donors (Lipinski definition) is 1. The Labute approximate surface area is 127 Å². The van der Waals surface area contributed by atoms with E-state index in [0.717, 1.165) is 22.5 Å². The van der Waals surface area contributed by atoms with Crippen molar-refractivity contribution in [3.05, 3.63) is 15.7 Å². The van der Waals surface area contributed by atoms with Crippen LogP contribution in [-0.2, 0) is 4.74 Å². The summed E-state index contributed by atoms with van der Waals surface area (Å²) < 4.78 is 6.39. The highest BCUT2D eigenvalue weighted by atomic mass is 127. The predicted octanol–water partition coefficient (Wildman–Crippen LogP) is 3.33. The number of imidazole rings is 1. The predicted molar refractivity (Wildman–Crippen MR) is 80.8 cm³/mol. The first-order valence-electron chi connectivity index (χ1n) is 6.46. The van der Waals surface area contributed by atoms with Crippen LogP contribution in [0.4, 0.5) is 4.79 Å². The van der Waals surface area contributed by atoms with Crippen LogP contribution in [0, 0.1) is 9.62 Å². The Hall–Kier alpha value is -0.790. The summed E-state index contributed by atoms with van der Waals surface area (Å²) in [6.07, 6.45) is 2.52. The number of rotatable bonds is 1. The molecule has 2 rings (SSSR count). The van der Waals surface area contributed by atoms with Gasteiger partial charge in [0.05, 0.1) is 6.04 Å². The molecule has 1 aliphatic heterocycles. The van der Waals surface area contributed by atoms with Crippen molar-refractivity contribution in [3.8, 4) is 0 Å². The first kappa shape index (κ1) is 14.6. The molecule has 1 amide bonds. The largest absolute Gasteiger partial charge is 0.444 e. The molecule has 0 aromatic carbocycles. The van der Waals surface area contributed by atoms with Crippen LogP contribution in [0.25, 0.3) is 0 Å². The van der Waals surface area contributed by atoms with E-state index in [1.165, 1.54) is 0 Å². The molecule has 0 aliphatic carbocycles. The molecule has 1 fully saturated rings. The molecule has 0 unspecified atom stereocenters. The van der Waals surface area contributed by atoms with Gasteiger partial charge in [-0.1, -0.05) is 6.92 Å². The molecular formula is C13H20IN3O2. The van der Waals surface area contributed by atoms with E-state index >= 15 is 0 Å². The third-order valence-corrected chi connectivity index (χ3v) is 3.57. The number of nitrogens with zero attached hydrogens (tertiary/aromatic N) is 2. The quantitative estimate of drug-likeness (QED) is 0.764. The molecule has 5 nitrogen and oxygen atoms in total.